The highest BCUT2D eigenvalue weighted by Gasteiger charge is 2.11. The van der Waals surface area contributed by atoms with Crippen LogP contribution < -0.4 is 0 Å². The van der Waals surface area contributed by atoms with E-state index in [1.807, 2.05) is 6.92 Å². The minimum absolute atomic E-state index is 0.118. The summed E-state index contributed by atoms with van der Waals surface area (Å²) in [6, 6.07) is 4.38. The Balaban J connectivity index is 2.36. The SMILES string of the molecule is Cc1ccc(F)cc1-n1cnnc1SCC(=O)O. The Morgan fingerprint density at radius 3 is 3.06 bits per heavy atom. The fourth-order valence-corrected chi connectivity index (χ4v) is 2.10. The van der Waals surface area contributed by atoms with Crippen LogP contribution in [-0.2, 0) is 4.79 Å². The first kappa shape index (κ1) is 12.6. The van der Waals surface area contributed by atoms with Crippen LogP contribution in [0.1, 0.15) is 5.56 Å². The monoisotopic (exact) mass is 267 g/mol. The molecule has 0 amide bonds. The Morgan fingerprint density at radius 1 is 1.56 bits per heavy atom. The topological polar surface area (TPSA) is 68.0 Å². The van der Waals surface area contributed by atoms with Gasteiger partial charge in [-0.2, -0.15) is 0 Å². The van der Waals surface area contributed by atoms with Crippen molar-refractivity contribution in [3.05, 3.63) is 35.9 Å². The summed E-state index contributed by atoms with van der Waals surface area (Å²) in [6.07, 6.45) is 1.44. The molecule has 0 fully saturated rings. The summed E-state index contributed by atoms with van der Waals surface area (Å²) >= 11 is 1.04. The smallest absolute Gasteiger partial charge is 0.313 e. The zero-order chi connectivity index (χ0) is 13.1. The van der Waals surface area contributed by atoms with E-state index in [1.165, 1.54) is 18.5 Å². The minimum atomic E-state index is -0.939. The molecule has 1 aromatic carbocycles. The van der Waals surface area contributed by atoms with Crippen molar-refractivity contribution in [1.82, 2.24) is 14.8 Å². The molecule has 0 saturated heterocycles. The van der Waals surface area contributed by atoms with E-state index in [9.17, 15) is 9.18 Å². The highest BCUT2D eigenvalue weighted by atomic mass is 32.2. The van der Waals surface area contributed by atoms with Crippen LogP contribution in [-0.4, -0.2) is 31.6 Å². The quantitative estimate of drug-likeness (QED) is 0.857. The third-order valence-electron chi connectivity index (χ3n) is 2.27. The van der Waals surface area contributed by atoms with Crippen molar-refractivity contribution in [3.63, 3.8) is 0 Å². The normalized spacial score (nSPS) is 10.6. The second-order valence-electron chi connectivity index (χ2n) is 3.60. The van der Waals surface area contributed by atoms with Crippen molar-refractivity contribution in [3.8, 4) is 5.69 Å². The predicted octanol–water partition coefficient (Wildman–Crippen LogP) is 1.89. The summed E-state index contributed by atoms with van der Waals surface area (Å²) < 4.78 is 14.8. The van der Waals surface area contributed by atoms with Gasteiger partial charge < -0.3 is 5.11 Å². The fourth-order valence-electron chi connectivity index (χ4n) is 1.46. The molecule has 1 aromatic heterocycles. The van der Waals surface area contributed by atoms with E-state index in [0.717, 1.165) is 17.3 Å². The van der Waals surface area contributed by atoms with Crippen LogP contribution in [0.25, 0.3) is 5.69 Å². The molecule has 7 heteroatoms. The standard InChI is InChI=1S/C11H10FN3O2S/c1-7-2-3-8(12)4-9(7)15-6-13-14-11(15)18-5-10(16)17/h2-4,6H,5H2,1H3,(H,16,17). The number of aryl methyl sites for hydroxylation is 1. The maximum Gasteiger partial charge on any atom is 0.313 e. The molecule has 0 spiro atoms. The highest BCUT2D eigenvalue weighted by molar-refractivity contribution is 7.99. The van der Waals surface area contributed by atoms with Gasteiger partial charge in [-0.3, -0.25) is 9.36 Å². The van der Waals surface area contributed by atoms with Gasteiger partial charge in [-0.25, -0.2) is 4.39 Å². The van der Waals surface area contributed by atoms with Crippen molar-refractivity contribution in [2.75, 3.05) is 5.75 Å². The molecule has 2 rings (SSSR count). The molecule has 0 unspecified atom stereocenters. The number of aromatic nitrogens is 3. The molecular weight excluding hydrogens is 257 g/mol. The van der Waals surface area contributed by atoms with E-state index in [4.69, 9.17) is 5.11 Å². The summed E-state index contributed by atoms with van der Waals surface area (Å²) in [5, 5.41) is 16.6. The molecule has 0 bridgehead atoms. The second-order valence-corrected chi connectivity index (χ2v) is 4.54. The first-order valence-corrected chi connectivity index (χ1v) is 6.07. The highest BCUT2D eigenvalue weighted by Crippen LogP contribution is 2.22. The van der Waals surface area contributed by atoms with Crippen LogP contribution >= 0.6 is 11.8 Å². The van der Waals surface area contributed by atoms with E-state index in [1.54, 1.807) is 10.6 Å². The van der Waals surface area contributed by atoms with Crippen LogP contribution in [0.3, 0.4) is 0 Å². The molecule has 0 radical (unpaired) electrons. The van der Waals surface area contributed by atoms with Gasteiger partial charge >= 0.3 is 5.97 Å². The number of thioether (sulfide) groups is 1. The molecule has 1 N–H and O–H groups in total. The fraction of sp³-hybridized carbons (Fsp3) is 0.182. The van der Waals surface area contributed by atoms with Crippen molar-refractivity contribution in [1.29, 1.82) is 0 Å². The van der Waals surface area contributed by atoms with Gasteiger partial charge in [0.15, 0.2) is 5.16 Å². The first-order chi connectivity index (χ1) is 8.58. The summed E-state index contributed by atoms with van der Waals surface area (Å²) in [4.78, 5) is 10.5. The van der Waals surface area contributed by atoms with Gasteiger partial charge in [-0.1, -0.05) is 17.8 Å². The van der Waals surface area contributed by atoms with Crippen molar-refractivity contribution < 1.29 is 14.3 Å². The lowest BCUT2D eigenvalue weighted by Crippen LogP contribution is -2.02. The molecule has 5 nitrogen and oxygen atoms in total. The average molecular weight is 267 g/mol. The van der Waals surface area contributed by atoms with Gasteiger partial charge in [0, 0.05) is 0 Å². The molecule has 1 heterocycles. The van der Waals surface area contributed by atoms with Gasteiger partial charge in [0.1, 0.15) is 12.1 Å². The predicted molar refractivity (Wildman–Crippen MR) is 64.4 cm³/mol. The average Bonchev–Trinajstić information content (AvgIpc) is 2.77. The number of carboxylic acids is 1. The molecule has 0 saturated carbocycles. The number of carboxylic acid groups (broad SMARTS) is 1. The Morgan fingerprint density at radius 2 is 2.33 bits per heavy atom. The number of nitrogens with zero attached hydrogens (tertiary/aromatic N) is 3. The van der Waals surface area contributed by atoms with E-state index in [2.05, 4.69) is 10.2 Å². The number of benzene rings is 1. The summed E-state index contributed by atoms with van der Waals surface area (Å²) in [5.74, 6) is -1.42. The molecule has 0 atom stereocenters. The largest absolute Gasteiger partial charge is 0.481 e. The van der Waals surface area contributed by atoms with E-state index < -0.39 is 5.97 Å². The second kappa shape index (κ2) is 5.18. The Kier molecular flexibility index (Phi) is 3.61. The van der Waals surface area contributed by atoms with Gasteiger partial charge in [-0.15, -0.1) is 10.2 Å². The summed E-state index contributed by atoms with van der Waals surface area (Å²) in [6.45, 7) is 1.83. The van der Waals surface area contributed by atoms with Crippen LogP contribution in [0.5, 0.6) is 0 Å². The zero-order valence-electron chi connectivity index (χ0n) is 9.50. The third kappa shape index (κ3) is 2.67. The number of hydrogen-bond donors (Lipinski definition) is 1. The Bertz CT molecular complexity index is 585. The maximum atomic E-state index is 13.2. The van der Waals surface area contributed by atoms with Gasteiger partial charge in [0.25, 0.3) is 0 Å². The molecule has 0 aliphatic carbocycles. The zero-order valence-corrected chi connectivity index (χ0v) is 10.3. The van der Waals surface area contributed by atoms with Crippen molar-refractivity contribution in [2.24, 2.45) is 0 Å². The summed E-state index contributed by atoms with van der Waals surface area (Å²) in [7, 11) is 0. The number of rotatable bonds is 4. The van der Waals surface area contributed by atoms with Gasteiger partial charge in [0.2, 0.25) is 0 Å². The van der Waals surface area contributed by atoms with Crippen molar-refractivity contribution in [2.45, 2.75) is 12.1 Å². The van der Waals surface area contributed by atoms with Crippen LogP contribution in [0.15, 0.2) is 29.7 Å². The van der Waals surface area contributed by atoms with E-state index in [0.29, 0.717) is 10.8 Å². The summed E-state index contributed by atoms with van der Waals surface area (Å²) in [5.41, 5.74) is 1.46. The van der Waals surface area contributed by atoms with Gasteiger partial charge in [-0.05, 0) is 24.6 Å². The molecule has 0 aliphatic rings. The van der Waals surface area contributed by atoms with Crippen molar-refractivity contribution >= 4 is 17.7 Å². The molecule has 0 aliphatic heterocycles. The number of halogens is 1. The number of carbonyl (C=O) groups is 1. The van der Waals surface area contributed by atoms with Crippen LogP contribution in [0.2, 0.25) is 0 Å². The lowest BCUT2D eigenvalue weighted by molar-refractivity contribution is -0.133. The first-order valence-electron chi connectivity index (χ1n) is 5.09. The Hall–Kier alpha value is -1.89. The molecule has 18 heavy (non-hydrogen) atoms. The number of hydrogen-bond acceptors (Lipinski definition) is 4. The van der Waals surface area contributed by atoms with Crippen LogP contribution in [0, 0.1) is 12.7 Å². The Labute approximate surface area is 107 Å². The molecule has 94 valence electrons. The number of aliphatic carboxylic acids is 1. The maximum absolute atomic E-state index is 13.2. The van der Waals surface area contributed by atoms with E-state index in [-0.39, 0.29) is 11.6 Å². The molecule has 2 aromatic rings. The van der Waals surface area contributed by atoms with Gasteiger partial charge in [0.05, 0.1) is 11.4 Å². The van der Waals surface area contributed by atoms with Crippen LogP contribution in [0.4, 0.5) is 4.39 Å². The lowest BCUT2D eigenvalue weighted by Gasteiger charge is -2.08. The minimum Gasteiger partial charge on any atom is -0.481 e. The molecular formula is C11H10FN3O2S. The third-order valence-corrected chi connectivity index (χ3v) is 3.20. The van der Waals surface area contributed by atoms with E-state index >= 15 is 0 Å². The lowest BCUT2D eigenvalue weighted by atomic mass is 10.2.